The first kappa shape index (κ1) is 14.9. The second-order valence-corrected chi connectivity index (χ2v) is 4.31. The van der Waals surface area contributed by atoms with Crippen LogP contribution in [0.4, 0.5) is 0 Å². The molecule has 17 heavy (non-hydrogen) atoms. The van der Waals surface area contributed by atoms with Gasteiger partial charge in [0.15, 0.2) is 0 Å². The van der Waals surface area contributed by atoms with E-state index in [1.54, 1.807) is 12.1 Å². The Kier molecular flexibility index (Phi) is 5.70. The summed E-state index contributed by atoms with van der Waals surface area (Å²) in [6.45, 7) is 3.72. The van der Waals surface area contributed by atoms with Gasteiger partial charge in [-0.25, -0.2) is 0 Å². The average Bonchev–Trinajstić information content (AvgIpc) is 2.17. The predicted molar refractivity (Wildman–Crippen MR) is 59.5 cm³/mol. The molecule has 0 aliphatic carbocycles. The van der Waals surface area contributed by atoms with Gasteiger partial charge in [-0.05, 0) is 12.3 Å². The number of hydrogen-bond donors (Lipinski definition) is 2. The highest BCUT2D eigenvalue weighted by Crippen LogP contribution is 2.27. The van der Waals surface area contributed by atoms with Gasteiger partial charge in [-0.2, -0.15) is 10.5 Å². The molecule has 0 aromatic heterocycles. The lowest BCUT2D eigenvalue weighted by Gasteiger charge is -2.23. The van der Waals surface area contributed by atoms with Crippen LogP contribution in [0.25, 0.3) is 0 Å². The first-order valence-electron chi connectivity index (χ1n) is 5.23. The molecule has 0 heterocycles. The number of nitrogens with two attached hydrogens (primary N) is 2. The Labute approximate surface area is 100 Å². The predicted octanol–water partition coefficient (Wildman–Crippen LogP) is -0.101. The van der Waals surface area contributed by atoms with Crippen molar-refractivity contribution in [2.75, 3.05) is 0 Å². The minimum atomic E-state index is -1.17. The van der Waals surface area contributed by atoms with Crippen molar-refractivity contribution in [1.29, 1.82) is 10.5 Å². The molecule has 0 aliphatic heterocycles. The molecule has 2 atom stereocenters. The van der Waals surface area contributed by atoms with Crippen LogP contribution in [0.2, 0.25) is 0 Å². The summed E-state index contributed by atoms with van der Waals surface area (Å²) in [6, 6.07) is 3.49. The van der Waals surface area contributed by atoms with E-state index in [1.165, 1.54) is 0 Å². The number of nitrogens with zero attached hydrogens (tertiary/aromatic N) is 2. The molecule has 2 amide bonds. The maximum atomic E-state index is 11.1. The summed E-state index contributed by atoms with van der Waals surface area (Å²) in [5.41, 5.74) is 10.2. The molecule has 0 saturated carbocycles. The summed E-state index contributed by atoms with van der Waals surface area (Å²) in [6.07, 6.45) is 0.363. The summed E-state index contributed by atoms with van der Waals surface area (Å²) in [5.74, 6) is -4.64. The SMILES string of the molecule is CC(C)CC(C(C#N)C(N)=O)C(C#N)C(N)=O. The Bertz CT molecular complexity index is 346. The third-order valence-electron chi connectivity index (χ3n) is 2.49. The van der Waals surface area contributed by atoms with Crippen molar-refractivity contribution in [3.8, 4) is 12.1 Å². The molecule has 0 aromatic carbocycles. The van der Waals surface area contributed by atoms with Gasteiger partial charge in [0, 0.05) is 5.92 Å². The minimum absolute atomic E-state index is 0.116. The Morgan fingerprint density at radius 3 is 1.59 bits per heavy atom. The molecule has 92 valence electrons. The Hall–Kier alpha value is -2.08. The number of hydrogen-bond acceptors (Lipinski definition) is 4. The van der Waals surface area contributed by atoms with E-state index < -0.39 is 29.6 Å². The number of rotatable bonds is 6. The molecule has 0 rings (SSSR count). The van der Waals surface area contributed by atoms with Crippen LogP contribution in [-0.2, 0) is 9.59 Å². The molecule has 6 nitrogen and oxygen atoms in total. The molecule has 0 aromatic rings. The summed E-state index contributed by atoms with van der Waals surface area (Å²) in [5, 5.41) is 17.8. The largest absolute Gasteiger partial charge is 0.369 e. The molecule has 0 radical (unpaired) electrons. The zero-order chi connectivity index (χ0) is 13.6. The molecular weight excluding hydrogens is 220 g/mol. The molecule has 2 unspecified atom stereocenters. The van der Waals surface area contributed by atoms with Crippen molar-refractivity contribution in [2.24, 2.45) is 35.1 Å². The van der Waals surface area contributed by atoms with Gasteiger partial charge in [-0.15, -0.1) is 0 Å². The van der Waals surface area contributed by atoms with Crippen molar-refractivity contribution < 1.29 is 9.59 Å². The Balaban J connectivity index is 5.26. The number of amides is 2. The third-order valence-corrected chi connectivity index (χ3v) is 2.49. The van der Waals surface area contributed by atoms with Crippen LogP contribution in [0.3, 0.4) is 0 Å². The minimum Gasteiger partial charge on any atom is -0.369 e. The van der Waals surface area contributed by atoms with Crippen LogP contribution >= 0.6 is 0 Å². The number of carbonyl (C=O) groups is 2. The van der Waals surface area contributed by atoms with Crippen molar-refractivity contribution in [1.82, 2.24) is 0 Å². The van der Waals surface area contributed by atoms with Gasteiger partial charge in [-0.1, -0.05) is 13.8 Å². The fourth-order valence-corrected chi connectivity index (χ4v) is 1.75. The van der Waals surface area contributed by atoms with Crippen LogP contribution in [-0.4, -0.2) is 11.8 Å². The van der Waals surface area contributed by atoms with E-state index in [1.807, 2.05) is 13.8 Å². The van der Waals surface area contributed by atoms with Crippen LogP contribution in [0.1, 0.15) is 20.3 Å². The van der Waals surface area contributed by atoms with Gasteiger partial charge in [0.2, 0.25) is 11.8 Å². The maximum Gasteiger partial charge on any atom is 0.235 e. The molecule has 0 fully saturated rings. The standard InChI is InChI=1S/C11H16N4O2/c1-6(2)3-7(8(4-12)10(14)16)9(5-13)11(15)17/h6-9H,3H2,1-2H3,(H2,14,16)(H2,15,17). The Morgan fingerprint density at radius 1 is 1.06 bits per heavy atom. The Morgan fingerprint density at radius 2 is 1.41 bits per heavy atom. The maximum absolute atomic E-state index is 11.1. The number of primary amides is 2. The van der Waals surface area contributed by atoms with Crippen molar-refractivity contribution in [3.05, 3.63) is 0 Å². The quantitative estimate of drug-likeness (QED) is 0.665. The second-order valence-electron chi connectivity index (χ2n) is 4.31. The van der Waals surface area contributed by atoms with Crippen LogP contribution in [0, 0.1) is 46.3 Å². The monoisotopic (exact) mass is 236 g/mol. The lowest BCUT2D eigenvalue weighted by atomic mass is 9.77. The molecule has 4 N–H and O–H groups in total. The summed E-state index contributed by atoms with van der Waals surface area (Å²) in [7, 11) is 0. The van der Waals surface area contributed by atoms with Gasteiger partial charge < -0.3 is 11.5 Å². The fraction of sp³-hybridized carbons (Fsp3) is 0.636. The molecule has 0 aliphatic rings. The normalized spacial score (nSPS) is 15.4. The summed E-state index contributed by atoms with van der Waals surface area (Å²) < 4.78 is 0. The molecule has 0 saturated heterocycles. The van der Waals surface area contributed by atoms with E-state index in [4.69, 9.17) is 22.0 Å². The summed E-state index contributed by atoms with van der Waals surface area (Å²) in [4.78, 5) is 22.3. The van der Waals surface area contributed by atoms with E-state index in [9.17, 15) is 9.59 Å². The second kappa shape index (κ2) is 6.49. The van der Waals surface area contributed by atoms with E-state index >= 15 is 0 Å². The zero-order valence-corrected chi connectivity index (χ0v) is 9.88. The van der Waals surface area contributed by atoms with Gasteiger partial charge in [0.25, 0.3) is 0 Å². The molecule has 6 heteroatoms. The van der Waals surface area contributed by atoms with Gasteiger partial charge in [-0.3, -0.25) is 9.59 Å². The highest BCUT2D eigenvalue weighted by molar-refractivity contribution is 5.83. The molecule has 0 spiro atoms. The topological polar surface area (TPSA) is 134 Å². The highest BCUT2D eigenvalue weighted by atomic mass is 16.1. The summed E-state index contributed by atoms with van der Waals surface area (Å²) >= 11 is 0. The van der Waals surface area contributed by atoms with Crippen molar-refractivity contribution in [3.63, 3.8) is 0 Å². The average molecular weight is 236 g/mol. The van der Waals surface area contributed by atoms with E-state index in [0.717, 1.165) is 0 Å². The van der Waals surface area contributed by atoms with Gasteiger partial charge in [0.1, 0.15) is 11.8 Å². The number of carbonyl (C=O) groups excluding carboxylic acids is 2. The van der Waals surface area contributed by atoms with E-state index in [2.05, 4.69) is 0 Å². The van der Waals surface area contributed by atoms with Crippen molar-refractivity contribution >= 4 is 11.8 Å². The first-order chi connectivity index (χ1) is 7.84. The van der Waals surface area contributed by atoms with E-state index in [0.29, 0.717) is 6.42 Å². The lowest BCUT2D eigenvalue weighted by Crippen LogP contribution is -2.39. The van der Waals surface area contributed by atoms with Crippen LogP contribution in [0.15, 0.2) is 0 Å². The van der Waals surface area contributed by atoms with Crippen LogP contribution < -0.4 is 11.5 Å². The van der Waals surface area contributed by atoms with Crippen LogP contribution in [0.5, 0.6) is 0 Å². The van der Waals surface area contributed by atoms with Gasteiger partial charge >= 0.3 is 0 Å². The lowest BCUT2D eigenvalue weighted by molar-refractivity contribution is -0.125. The smallest absolute Gasteiger partial charge is 0.235 e. The van der Waals surface area contributed by atoms with E-state index in [-0.39, 0.29) is 5.92 Å². The zero-order valence-electron chi connectivity index (χ0n) is 9.88. The third kappa shape index (κ3) is 4.12. The first-order valence-corrected chi connectivity index (χ1v) is 5.23. The molecule has 0 bridgehead atoms. The number of nitriles is 2. The highest BCUT2D eigenvalue weighted by Gasteiger charge is 2.36. The van der Waals surface area contributed by atoms with Gasteiger partial charge in [0.05, 0.1) is 12.1 Å². The van der Waals surface area contributed by atoms with Crippen molar-refractivity contribution in [2.45, 2.75) is 20.3 Å². The fourth-order valence-electron chi connectivity index (χ4n) is 1.75. The molecular formula is C11H16N4O2.